The van der Waals surface area contributed by atoms with E-state index < -0.39 is 6.17 Å². The van der Waals surface area contributed by atoms with Gasteiger partial charge in [0.05, 0.1) is 11.4 Å². The van der Waals surface area contributed by atoms with Crippen molar-refractivity contribution >= 4 is 48.7 Å². The van der Waals surface area contributed by atoms with Crippen LogP contribution in [0.4, 0.5) is 21.6 Å². The van der Waals surface area contributed by atoms with Crippen molar-refractivity contribution in [2.45, 2.75) is 25.4 Å². The van der Waals surface area contributed by atoms with E-state index in [1.165, 1.54) is 31.3 Å². The molecule has 0 aliphatic carbocycles. The molecule has 0 fully saturated rings. The van der Waals surface area contributed by atoms with Crippen molar-refractivity contribution < 1.29 is 4.39 Å². The summed E-state index contributed by atoms with van der Waals surface area (Å²) in [7, 11) is 0. The molecule has 208 valence electrons. The number of benzene rings is 4. The average Bonchev–Trinajstić information content (AvgIpc) is 3.43. The second-order valence-electron chi connectivity index (χ2n) is 11.6. The molecule has 0 spiro atoms. The number of aromatic nitrogens is 2. The fourth-order valence-corrected chi connectivity index (χ4v) is 7.89. The van der Waals surface area contributed by atoms with Crippen LogP contribution in [0.15, 0.2) is 128 Å². The molecule has 5 heteroatoms. The van der Waals surface area contributed by atoms with Crippen LogP contribution in [-0.4, -0.2) is 9.97 Å². The maximum absolute atomic E-state index is 16.3. The molecule has 1 atom stereocenters. The number of anilines is 3. The second kappa shape index (κ2) is 9.85. The van der Waals surface area contributed by atoms with Crippen molar-refractivity contribution in [3.05, 3.63) is 150 Å². The number of hydrogen-bond acceptors (Lipinski definition) is 4. The molecule has 0 saturated carbocycles. The lowest BCUT2D eigenvalue weighted by atomic mass is 9.74. The zero-order valence-electron chi connectivity index (χ0n) is 23.8. The predicted octanol–water partition coefficient (Wildman–Crippen LogP) is 10.7. The van der Waals surface area contributed by atoms with Crippen LogP contribution in [-0.2, 0) is 5.41 Å². The molecule has 1 aliphatic heterocycles. The lowest BCUT2D eigenvalue weighted by Crippen LogP contribution is -2.31. The van der Waals surface area contributed by atoms with Crippen LogP contribution in [0, 0.1) is 0 Å². The van der Waals surface area contributed by atoms with E-state index in [1.54, 1.807) is 6.20 Å². The first kappa shape index (κ1) is 25.8. The first-order valence-corrected chi connectivity index (χ1v) is 15.3. The predicted molar refractivity (Wildman–Crippen MR) is 177 cm³/mol. The summed E-state index contributed by atoms with van der Waals surface area (Å²) in [5, 5.41) is 2.41. The summed E-state index contributed by atoms with van der Waals surface area (Å²) in [6.45, 7) is 4.58. The number of rotatable bonds is 4. The molecule has 1 aliphatic rings. The molecular weight excluding hydrogens is 550 g/mol. The Kier molecular flexibility index (Phi) is 5.92. The molecule has 1 unspecified atom stereocenters. The van der Waals surface area contributed by atoms with Crippen molar-refractivity contribution in [2.24, 2.45) is 0 Å². The van der Waals surface area contributed by atoms with Gasteiger partial charge in [-0.3, -0.25) is 9.88 Å². The zero-order chi connectivity index (χ0) is 29.1. The van der Waals surface area contributed by atoms with Gasteiger partial charge in [0.2, 0.25) is 0 Å². The molecule has 0 saturated heterocycles. The summed E-state index contributed by atoms with van der Waals surface area (Å²) in [4.78, 5) is 11.8. The summed E-state index contributed by atoms with van der Waals surface area (Å²) < 4.78 is 18.8. The van der Waals surface area contributed by atoms with E-state index in [1.807, 2.05) is 78.2 Å². The highest BCUT2D eigenvalue weighted by molar-refractivity contribution is 7.26. The van der Waals surface area contributed by atoms with Gasteiger partial charge in [-0.2, -0.15) is 0 Å². The molecule has 3 nitrogen and oxygen atoms in total. The van der Waals surface area contributed by atoms with E-state index in [-0.39, 0.29) is 5.41 Å². The Morgan fingerprint density at radius 1 is 0.744 bits per heavy atom. The quantitative estimate of drug-likeness (QED) is 0.208. The highest BCUT2D eigenvalue weighted by atomic mass is 32.1. The summed E-state index contributed by atoms with van der Waals surface area (Å²) in [6.07, 6.45) is 2.47. The second-order valence-corrected chi connectivity index (χ2v) is 12.6. The third-order valence-corrected chi connectivity index (χ3v) is 9.82. The number of nitrogens with zero attached hydrogens (tertiary/aromatic N) is 3. The number of alkyl halides is 1. The number of thiophene rings is 1. The smallest absolute Gasteiger partial charge is 0.150 e. The van der Waals surface area contributed by atoms with Crippen LogP contribution >= 0.6 is 11.3 Å². The molecule has 43 heavy (non-hydrogen) atoms. The van der Waals surface area contributed by atoms with Gasteiger partial charge in [0.15, 0.2) is 6.17 Å². The fraction of sp³-hybridized carbons (Fsp3) is 0.105. The van der Waals surface area contributed by atoms with Gasteiger partial charge in [-0.15, -0.1) is 11.3 Å². The van der Waals surface area contributed by atoms with Crippen LogP contribution in [0.3, 0.4) is 0 Å². The topological polar surface area (TPSA) is 29.0 Å². The van der Waals surface area contributed by atoms with Crippen LogP contribution in [0.1, 0.15) is 42.3 Å². The van der Waals surface area contributed by atoms with Gasteiger partial charge in [-0.05, 0) is 59.2 Å². The van der Waals surface area contributed by atoms with Crippen molar-refractivity contribution in [3.63, 3.8) is 0 Å². The average molecular weight is 578 g/mol. The lowest BCUT2D eigenvalue weighted by Gasteiger charge is -2.41. The third kappa shape index (κ3) is 4.07. The third-order valence-electron chi connectivity index (χ3n) is 8.62. The lowest BCUT2D eigenvalue weighted by molar-refractivity contribution is 0.402. The minimum absolute atomic E-state index is 0.276. The van der Waals surface area contributed by atoms with Gasteiger partial charge in [0, 0.05) is 54.8 Å². The van der Waals surface area contributed by atoms with Crippen LogP contribution in [0.25, 0.3) is 31.4 Å². The number of hydrogen-bond donors (Lipinski definition) is 0. The fourth-order valence-electron chi connectivity index (χ4n) is 6.51. The monoisotopic (exact) mass is 577 g/mol. The SMILES string of the molecule is CC1(C)c2ccccc2N(c2cccc(C(F)c3cccc(-c4ccccn4)c3)c2)c2ncc3c(sc4ccccc43)c21. The molecule has 4 heterocycles. The highest BCUT2D eigenvalue weighted by Gasteiger charge is 2.40. The van der Waals surface area contributed by atoms with E-state index in [9.17, 15) is 0 Å². The first-order chi connectivity index (χ1) is 21.0. The minimum Gasteiger partial charge on any atom is -0.294 e. The van der Waals surface area contributed by atoms with Gasteiger partial charge in [-0.25, -0.2) is 9.37 Å². The van der Waals surface area contributed by atoms with Crippen LogP contribution in [0.5, 0.6) is 0 Å². The van der Waals surface area contributed by atoms with Crippen molar-refractivity contribution in [1.29, 1.82) is 0 Å². The summed E-state index contributed by atoms with van der Waals surface area (Å²) >= 11 is 1.82. The first-order valence-electron chi connectivity index (χ1n) is 14.5. The van der Waals surface area contributed by atoms with E-state index in [2.05, 4.69) is 78.3 Å². The number of halogens is 1. The Hall–Kier alpha value is -4.87. The zero-order valence-corrected chi connectivity index (χ0v) is 24.6. The van der Waals surface area contributed by atoms with E-state index >= 15 is 4.39 Å². The van der Waals surface area contributed by atoms with Crippen molar-refractivity contribution in [2.75, 3.05) is 4.90 Å². The maximum Gasteiger partial charge on any atom is 0.150 e. The van der Waals surface area contributed by atoms with Gasteiger partial charge < -0.3 is 0 Å². The Labute approximate surface area is 253 Å². The van der Waals surface area contributed by atoms with E-state index in [0.29, 0.717) is 11.1 Å². The van der Waals surface area contributed by atoms with Crippen LogP contribution < -0.4 is 4.90 Å². The Morgan fingerprint density at radius 3 is 2.37 bits per heavy atom. The normalized spacial score (nSPS) is 14.4. The summed E-state index contributed by atoms with van der Waals surface area (Å²) in [6, 6.07) is 38.3. The molecule has 7 aromatic rings. The minimum atomic E-state index is -1.29. The van der Waals surface area contributed by atoms with E-state index in [4.69, 9.17) is 4.98 Å². The number of pyridine rings is 2. The van der Waals surface area contributed by atoms with Crippen molar-refractivity contribution in [3.8, 4) is 11.3 Å². The molecule has 0 N–H and O–H groups in total. The summed E-state index contributed by atoms with van der Waals surface area (Å²) in [5.41, 5.74) is 7.03. The molecule has 0 radical (unpaired) electrons. The summed E-state index contributed by atoms with van der Waals surface area (Å²) in [5.74, 6) is 0.896. The highest BCUT2D eigenvalue weighted by Crippen LogP contribution is 2.55. The van der Waals surface area contributed by atoms with Gasteiger partial charge >= 0.3 is 0 Å². The Morgan fingerprint density at radius 2 is 1.51 bits per heavy atom. The molecule has 0 bridgehead atoms. The molecule has 0 amide bonds. The van der Waals surface area contributed by atoms with E-state index in [0.717, 1.165) is 28.5 Å². The Balaban J connectivity index is 1.28. The van der Waals surface area contributed by atoms with Gasteiger partial charge in [-0.1, -0.05) is 86.6 Å². The molecule has 8 rings (SSSR count). The standard InChI is InChI=1S/C38H28FN3S/c1-38(2)30-16-4-5-18-32(30)42(37-34(38)36-29(23-41-37)28-15-3-6-19-33(28)43-36)27-14-10-13-26(22-27)35(39)25-12-9-11-24(21-25)31-17-7-8-20-40-31/h3-23,35H,1-2H3. The van der Waals surface area contributed by atoms with Gasteiger partial charge in [0.25, 0.3) is 0 Å². The van der Waals surface area contributed by atoms with Crippen molar-refractivity contribution in [1.82, 2.24) is 9.97 Å². The van der Waals surface area contributed by atoms with Gasteiger partial charge in [0.1, 0.15) is 5.82 Å². The largest absolute Gasteiger partial charge is 0.294 e. The number of fused-ring (bicyclic) bond motifs is 6. The maximum atomic E-state index is 16.3. The molecule has 4 aromatic carbocycles. The molecule has 3 aromatic heterocycles. The van der Waals surface area contributed by atoms with Crippen LogP contribution in [0.2, 0.25) is 0 Å². The Bertz CT molecular complexity index is 2150. The number of para-hydroxylation sites is 1. The molecular formula is C38H28FN3S.